The number of aryl methyl sites for hydroxylation is 2. The molecule has 1 fully saturated rings. The van der Waals surface area contributed by atoms with Crippen LogP contribution in [0, 0.1) is 13.8 Å². The van der Waals surface area contributed by atoms with Gasteiger partial charge in [-0.25, -0.2) is 8.42 Å². The topological polar surface area (TPSA) is 92.5 Å². The van der Waals surface area contributed by atoms with Gasteiger partial charge in [-0.15, -0.1) is 0 Å². The van der Waals surface area contributed by atoms with Gasteiger partial charge in [0.2, 0.25) is 10.0 Å². The van der Waals surface area contributed by atoms with Gasteiger partial charge in [0, 0.05) is 30.8 Å². The van der Waals surface area contributed by atoms with Gasteiger partial charge in [0.25, 0.3) is 5.91 Å². The highest BCUT2D eigenvalue weighted by atomic mass is 32.2. The molecule has 134 valence electrons. The second-order valence-electron chi connectivity index (χ2n) is 6.12. The third-order valence-electron chi connectivity index (χ3n) is 4.41. The summed E-state index contributed by atoms with van der Waals surface area (Å²) in [6, 6.07) is 6.15. The maximum absolute atomic E-state index is 12.6. The quantitative estimate of drug-likeness (QED) is 0.877. The average Bonchev–Trinajstić information content (AvgIpc) is 3.24. The SMILES string of the molecule is Cc1noc(C)c1CNC(=O)c1cccc(S(=O)(=O)N2CCCC2)c1. The van der Waals surface area contributed by atoms with Crippen molar-refractivity contribution < 1.29 is 17.7 Å². The van der Waals surface area contributed by atoms with E-state index in [-0.39, 0.29) is 17.3 Å². The number of nitrogens with one attached hydrogen (secondary N) is 1. The molecule has 3 rings (SSSR count). The van der Waals surface area contributed by atoms with Crippen molar-refractivity contribution in [3.8, 4) is 0 Å². The van der Waals surface area contributed by atoms with Crippen LogP contribution in [0.25, 0.3) is 0 Å². The molecule has 8 heteroatoms. The Balaban J connectivity index is 1.76. The molecule has 25 heavy (non-hydrogen) atoms. The summed E-state index contributed by atoms with van der Waals surface area (Å²) in [5.74, 6) is 0.321. The highest BCUT2D eigenvalue weighted by Crippen LogP contribution is 2.21. The van der Waals surface area contributed by atoms with E-state index < -0.39 is 10.0 Å². The first kappa shape index (κ1) is 17.6. The summed E-state index contributed by atoms with van der Waals surface area (Å²) >= 11 is 0. The van der Waals surface area contributed by atoms with Crippen LogP contribution in [0.1, 0.15) is 40.2 Å². The highest BCUT2D eigenvalue weighted by molar-refractivity contribution is 7.89. The van der Waals surface area contributed by atoms with Crippen molar-refractivity contribution in [1.82, 2.24) is 14.8 Å². The van der Waals surface area contributed by atoms with Crippen molar-refractivity contribution >= 4 is 15.9 Å². The monoisotopic (exact) mass is 363 g/mol. The zero-order chi connectivity index (χ0) is 18.0. The predicted octanol–water partition coefficient (Wildman–Crippen LogP) is 2.01. The van der Waals surface area contributed by atoms with E-state index in [1.165, 1.54) is 16.4 Å². The third kappa shape index (κ3) is 3.59. The number of carbonyl (C=O) groups excluding carboxylic acids is 1. The number of nitrogens with zero attached hydrogens (tertiary/aromatic N) is 2. The van der Waals surface area contributed by atoms with Crippen molar-refractivity contribution in [2.24, 2.45) is 0 Å². The highest BCUT2D eigenvalue weighted by Gasteiger charge is 2.27. The second-order valence-corrected chi connectivity index (χ2v) is 8.06. The number of hydrogen-bond acceptors (Lipinski definition) is 5. The maximum atomic E-state index is 12.6. The van der Waals surface area contributed by atoms with Gasteiger partial charge in [0.05, 0.1) is 10.6 Å². The summed E-state index contributed by atoms with van der Waals surface area (Å²) in [6.07, 6.45) is 1.74. The molecule has 0 unspecified atom stereocenters. The number of aromatic nitrogens is 1. The van der Waals surface area contributed by atoms with Gasteiger partial charge < -0.3 is 9.84 Å². The summed E-state index contributed by atoms with van der Waals surface area (Å²) in [7, 11) is -3.54. The van der Waals surface area contributed by atoms with Gasteiger partial charge in [-0.05, 0) is 44.9 Å². The molecule has 2 heterocycles. The Morgan fingerprint density at radius 3 is 2.64 bits per heavy atom. The van der Waals surface area contributed by atoms with E-state index in [1.807, 2.05) is 0 Å². The Morgan fingerprint density at radius 2 is 2.00 bits per heavy atom. The Hall–Kier alpha value is -2.19. The molecule has 0 radical (unpaired) electrons. The third-order valence-corrected chi connectivity index (χ3v) is 6.30. The molecule has 1 aromatic heterocycles. The van der Waals surface area contributed by atoms with Crippen LogP contribution in [-0.4, -0.2) is 36.9 Å². The molecular formula is C17H21N3O4S. The molecule has 1 aliphatic rings. The summed E-state index contributed by atoms with van der Waals surface area (Å²) in [4.78, 5) is 12.5. The van der Waals surface area contributed by atoms with E-state index >= 15 is 0 Å². The number of amides is 1. The van der Waals surface area contributed by atoms with Gasteiger partial charge >= 0.3 is 0 Å². The van der Waals surface area contributed by atoms with E-state index in [2.05, 4.69) is 10.5 Å². The molecule has 1 aliphatic heterocycles. The summed E-state index contributed by atoms with van der Waals surface area (Å²) in [5.41, 5.74) is 1.87. The lowest BCUT2D eigenvalue weighted by molar-refractivity contribution is 0.0950. The lowest BCUT2D eigenvalue weighted by atomic mass is 10.2. The molecule has 0 bridgehead atoms. The van der Waals surface area contributed by atoms with Crippen molar-refractivity contribution in [2.45, 2.75) is 38.1 Å². The van der Waals surface area contributed by atoms with Crippen molar-refractivity contribution in [3.05, 3.63) is 46.8 Å². The van der Waals surface area contributed by atoms with Gasteiger partial charge in [0.1, 0.15) is 5.76 Å². The molecule has 1 saturated heterocycles. The van der Waals surface area contributed by atoms with Crippen LogP contribution in [0.2, 0.25) is 0 Å². The minimum Gasteiger partial charge on any atom is -0.361 e. The summed E-state index contributed by atoms with van der Waals surface area (Å²) in [5, 5.41) is 6.63. The minimum absolute atomic E-state index is 0.152. The minimum atomic E-state index is -3.54. The van der Waals surface area contributed by atoms with Crippen LogP contribution in [-0.2, 0) is 16.6 Å². The molecule has 1 aromatic carbocycles. The largest absolute Gasteiger partial charge is 0.361 e. The van der Waals surface area contributed by atoms with E-state index in [4.69, 9.17) is 4.52 Å². The number of benzene rings is 1. The number of hydrogen-bond donors (Lipinski definition) is 1. The first-order valence-corrected chi connectivity index (χ1v) is 9.64. The van der Waals surface area contributed by atoms with E-state index in [0.29, 0.717) is 24.4 Å². The van der Waals surface area contributed by atoms with Crippen LogP contribution >= 0.6 is 0 Å². The van der Waals surface area contributed by atoms with Crippen LogP contribution in [0.5, 0.6) is 0 Å². The normalized spacial score (nSPS) is 15.4. The fourth-order valence-corrected chi connectivity index (χ4v) is 4.46. The molecule has 1 N–H and O–H groups in total. The summed E-state index contributed by atoms with van der Waals surface area (Å²) in [6.45, 7) is 4.94. The van der Waals surface area contributed by atoms with E-state index in [9.17, 15) is 13.2 Å². The second kappa shape index (κ2) is 6.97. The molecule has 0 aliphatic carbocycles. The zero-order valence-corrected chi connectivity index (χ0v) is 15.1. The Kier molecular flexibility index (Phi) is 4.91. The average molecular weight is 363 g/mol. The van der Waals surface area contributed by atoms with E-state index in [1.54, 1.807) is 26.0 Å². The molecule has 2 aromatic rings. The smallest absolute Gasteiger partial charge is 0.251 e. The molecule has 0 saturated carbocycles. The molecule has 7 nitrogen and oxygen atoms in total. The van der Waals surface area contributed by atoms with Crippen LogP contribution < -0.4 is 5.32 Å². The van der Waals surface area contributed by atoms with Crippen LogP contribution in [0.3, 0.4) is 0 Å². The fraction of sp³-hybridized carbons (Fsp3) is 0.412. The molecular weight excluding hydrogens is 342 g/mol. The molecule has 1 amide bonds. The molecule has 0 atom stereocenters. The zero-order valence-electron chi connectivity index (χ0n) is 14.3. The lowest BCUT2D eigenvalue weighted by Crippen LogP contribution is -2.28. The van der Waals surface area contributed by atoms with Crippen LogP contribution in [0.15, 0.2) is 33.7 Å². The Bertz CT molecular complexity index is 864. The van der Waals surface area contributed by atoms with Gasteiger partial charge in [-0.2, -0.15) is 4.31 Å². The molecule has 0 spiro atoms. The predicted molar refractivity (Wildman–Crippen MR) is 91.6 cm³/mol. The lowest BCUT2D eigenvalue weighted by Gasteiger charge is -2.16. The van der Waals surface area contributed by atoms with Crippen molar-refractivity contribution in [1.29, 1.82) is 0 Å². The van der Waals surface area contributed by atoms with Gasteiger partial charge in [-0.3, -0.25) is 4.79 Å². The van der Waals surface area contributed by atoms with Gasteiger partial charge in [0.15, 0.2) is 0 Å². The Morgan fingerprint density at radius 1 is 1.28 bits per heavy atom. The number of carbonyl (C=O) groups is 1. The Labute approximate surface area is 147 Å². The maximum Gasteiger partial charge on any atom is 0.251 e. The van der Waals surface area contributed by atoms with Crippen molar-refractivity contribution in [2.75, 3.05) is 13.1 Å². The first-order valence-electron chi connectivity index (χ1n) is 8.20. The first-order chi connectivity index (χ1) is 11.9. The number of rotatable bonds is 5. The number of sulfonamides is 1. The van der Waals surface area contributed by atoms with Crippen LogP contribution in [0.4, 0.5) is 0 Å². The van der Waals surface area contributed by atoms with Crippen molar-refractivity contribution in [3.63, 3.8) is 0 Å². The fourth-order valence-electron chi connectivity index (χ4n) is 2.90. The van der Waals surface area contributed by atoms with E-state index in [0.717, 1.165) is 24.1 Å². The summed E-state index contributed by atoms with van der Waals surface area (Å²) < 4.78 is 31.8. The standard InChI is InChI=1S/C17H21N3O4S/c1-12-16(13(2)24-19-12)11-18-17(21)14-6-5-7-15(10-14)25(22,23)20-8-3-4-9-20/h5-7,10H,3-4,8-9,11H2,1-2H3,(H,18,21). The van der Waals surface area contributed by atoms with Gasteiger partial charge in [-0.1, -0.05) is 11.2 Å².